The first-order valence-corrected chi connectivity index (χ1v) is 6.61. The Bertz CT molecular complexity index is 480. The molecule has 102 valence electrons. The fourth-order valence-electron chi connectivity index (χ4n) is 2.14. The molecule has 0 saturated carbocycles. The maximum atomic E-state index is 5.62. The van der Waals surface area contributed by atoms with Crippen molar-refractivity contribution < 1.29 is 0 Å². The summed E-state index contributed by atoms with van der Waals surface area (Å²) in [6.45, 7) is 0. The number of hydrogen-bond donors (Lipinski definition) is 2. The Morgan fingerprint density at radius 3 is 2.79 bits per heavy atom. The summed E-state index contributed by atoms with van der Waals surface area (Å²) in [6, 6.07) is 4.37. The third-order valence-corrected chi connectivity index (χ3v) is 3.38. The molecule has 5 nitrogen and oxygen atoms in total. The van der Waals surface area contributed by atoms with E-state index in [2.05, 4.69) is 26.0 Å². The molecule has 19 heavy (non-hydrogen) atoms. The van der Waals surface area contributed by atoms with Crippen molar-refractivity contribution in [1.82, 2.24) is 20.0 Å². The van der Waals surface area contributed by atoms with Crippen molar-refractivity contribution in [2.75, 3.05) is 0 Å². The summed E-state index contributed by atoms with van der Waals surface area (Å²) >= 11 is 0. The molecule has 0 bridgehead atoms. The highest BCUT2D eigenvalue weighted by molar-refractivity contribution is 5.08. The number of hydrogen-bond acceptors (Lipinski definition) is 4. The number of hydrazine groups is 1. The van der Waals surface area contributed by atoms with E-state index in [-0.39, 0.29) is 0 Å². The standard InChI is InChI=1S/C14H21N5/c1-19-10-9-17-14(19)7-6-13(18-15)5-4-12-3-2-8-16-11-12/h2-3,8-11,13,18H,4-7,15H2,1H3. The van der Waals surface area contributed by atoms with Gasteiger partial charge < -0.3 is 4.57 Å². The maximum Gasteiger partial charge on any atom is 0.108 e. The van der Waals surface area contributed by atoms with Gasteiger partial charge in [-0.2, -0.15) is 0 Å². The SMILES string of the molecule is Cn1ccnc1CCC(CCc1cccnc1)NN. The Hall–Kier alpha value is -1.72. The first kappa shape index (κ1) is 13.7. The number of nitrogens with one attached hydrogen (secondary N) is 1. The molecule has 2 aromatic heterocycles. The van der Waals surface area contributed by atoms with Crippen LogP contribution in [0, 0.1) is 0 Å². The monoisotopic (exact) mass is 259 g/mol. The van der Waals surface area contributed by atoms with Crippen molar-refractivity contribution in [3.05, 3.63) is 48.3 Å². The zero-order valence-corrected chi connectivity index (χ0v) is 11.3. The van der Waals surface area contributed by atoms with Crippen LogP contribution >= 0.6 is 0 Å². The van der Waals surface area contributed by atoms with Crippen LogP contribution in [0.2, 0.25) is 0 Å². The van der Waals surface area contributed by atoms with Crippen LogP contribution in [0.25, 0.3) is 0 Å². The van der Waals surface area contributed by atoms with Gasteiger partial charge in [-0.05, 0) is 30.9 Å². The summed E-state index contributed by atoms with van der Waals surface area (Å²) in [6.07, 6.45) is 11.4. The summed E-state index contributed by atoms with van der Waals surface area (Å²) in [4.78, 5) is 8.45. The van der Waals surface area contributed by atoms with Crippen LogP contribution < -0.4 is 11.3 Å². The average Bonchev–Trinajstić information content (AvgIpc) is 2.86. The molecule has 0 radical (unpaired) electrons. The Morgan fingerprint density at radius 2 is 2.16 bits per heavy atom. The highest BCUT2D eigenvalue weighted by atomic mass is 15.2. The molecule has 2 heterocycles. The van der Waals surface area contributed by atoms with E-state index >= 15 is 0 Å². The Morgan fingerprint density at radius 1 is 1.32 bits per heavy atom. The molecule has 2 aromatic rings. The van der Waals surface area contributed by atoms with Gasteiger partial charge in [-0.15, -0.1) is 0 Å². The van der Waals surface area contributed by atoms with Gasteiger partial charge in [-0.3, -0.25) is 16.3 Å². The molecule has 1 unspecified atom stereocenters. The largest absolute Gasteiger partial charge is 0.338 e. The number of aryl methyl sites for hydroxylation is 3. The molecule has 0 aromatic carbocycles. The molecule has 0 aliphatic carbocycles. The van der Waals surface area contributed by atoms with Crippen molar-refractivity contribution in [3.8, 4) is 0 Å². The molecule has 0 spiro atoms. The van der Waals surface area contributed by atoms with Crippen molar-refractivity contribution >= 4 is 0 Å². The molecule has 0 aliphatic heterocycles. The lowest BCUT2D eigenvalue weighted by molar-refractivity contribution is 0.457. The van der Waals surface area contributed by atoms with Crippen LogP contribution in [0.3, 0.4) is 0 Å². The number of nitrogens with zero attached hydrogens (tertiary/aromatic N) is 3. The molecule has 0 fully saturated rings. The Kier molecular flexibility index (Phi) is 5.06. The van der Waals surface area contributed by atoms with Crippen molar-refractivity contribution in [2.45, 2.75) is 31.7 Å². The highest BCUT2D eigenvalue weighted by Crippen LogP contribution is 2.08. The Balaban J connectivity index is 1.79. The number of nitrogens with two attached hydrogens (primary N) is 1. The molecule has 2 rings (SSSR count). The molecule has 3 N–H and O–H groups in total. The zero-order chi connectivity index (χ0) is 13.5. The second-order valence-corrected chi connectivity index (χ2v) is 4.76. The van der Waals surface area contributed by atoms with E-state index < -0.39 is 0 Å². The minimum Gasteiger partial charge on any atom is -0.338 e. The first-order valence-electron chi connectivity index (χ1n) is 6.61. The molecule has 0 aliphatic rings. The van der Waals surface area contributed by atoms with E-state index in [1.807, 2.05) is 31.7 Å². The van der Waals surface area contributed by atoms with Crippen LogP contribution in [0.1, 0.15) is 24.2 Å². The predicted molar refractivity (Wildman–Crippen MR) is 75.2 cm³/mol. The quantitative estimate of drug-likeness (QED) is 0.579. The minimum absolute atomic E-state index is 0.303. The Labute approximate surface area is 113 Å². The first-order chi connectivity index (χ1) is 9.29. The van der Waals surface area contributed by atoms with E-state index in [0.717, 1.165) is 31.5 Å². The predicted octanol–water partition coefficient (Wildman–Crippen LogP) is 1.21. The molecular formula is C14H21N5. The van der Waals surface area contributed by atoms with Crippen molar-refractivity contribution in [2.24, 2.45) is 12.9 Å². The van der Waals surface area contributed by atoms with Gasteiger partial charge in [0.15, 0.2) is 0 Å². The maximum absolute atomic E-state index is 5.62. The van der Waals surface area contributed by atoms with E-state index in [1.54, 1.807) is 6.20 Å². The summed E-state index contributed by atoms with van der Waals surface area (Å²) in [5.41, 5.74) is 4.15. The van der Waals surface area contributed by atoms with Gasteiger partial charge in [0.1, 0.15) is 5.82 Å². The summed E-state index contributed by atoms with van der Waals surface area (Å²) in [7, 11) is 2.02. The van der Waals surface area contributed by atoms with Crippen LogP contribution in [0.5, 0.6) is 0 Å². The van der Waals surface area contributed by atoms with Gasteiger partial charge in [-0.25, -0.2) is 4.98 Å². The van der Waals surface area contributed by atoms with Gasteiger partial charge >= 0.3 is 0 Å². The topological polar surface area (TPSA) is 68.8 Å². The lowest BCUT2D eigenvalue weighted by Gasteiger charge is -2.15. The summed E-state index contributed by atoms with van der Waals surface area (Å²) in [5.74, 6) is 6.72. The van der Waals surface area contributed by atoms with Gasteiger partial charge in [0, 0.05) is 44.3 Å². The van der Waals surface area contributed by atoms with Crippen molar-refractivity contribution in [1.29, 1.82) is 0 Å². The molecule has 0 amide bonds. The number of aromatic nitrogens is 3. The van der Waals surface area contributed by atoms with Gasteiger partial charge in [0.05, 0.1) is 0 Å². The number of imidazole rings is 1. The molecule has 0 saturated heterocycles. The normalized spacial score (nSPS) is 12.5. The van der Waals surface area contributed by atoms with Crippen molar-refractivity contribution in [3.63, 3.8) is 0 Å². The fraction of sp³-hybridized carbons (Fsp3) is 0.429. The highest BCUT2D eigenvalue weighted by Gasteiger charge is 2.09. The second kappa shape index (κ2) is 7.01. The van der Waals surface area contributed by atoms with Gasteiger partial charge in [-0.1, -0.05) is 6.07 Å². The lowest BCUT2D eigenvalue weighted by Crippen LogP contribution is -2.36. The number of pyridine rings is 1. The third-order valence-electron chi connectivity index (χ3n) is 3.38. The fourth-order valence-corrected chi connectivity index (χ4v) is 2.14. The molecule has 5 heteroatoms. The van der Waals surface area contributed by atoms with E-state index in [9.17, 15) is 0 Å². The molecular weight excluding hydrogens is 238 g/mol. The van der Waals surface area contributed by atoms with E-state index in [0.29, 0.717) is 6.04 Å². The summed E-state index contributed by atoms with van der Waals surface area (Å²) in [5, 5.41) is 0. The van der Waals surface area contributed by atoms with Crippen LogP contribution in [-0.4, -0.2) is 20.6 Å². The van der Waals surface area contributed by atoms with Crippen LogP contribution in [-0.2, 0) is 19.9 Å². The van der Waals surface area contributed by atoms with E-state index in [4.69, 9.17) is 5.84 Å². The smallest absolute Gasteiger partial charge is 0.108 e. The molecule has 1 atom stereocenters. The second-order valence-electron chi connectivity index (χ2n) is 4.76. The van der Waals surface area contributed by atoms with Crippen LogP contribution in [0.15, 0.2) is 36.9 Å². The number of rotatable bonds is 7. The average molecular weight is 259 g/mol. The summed E-state index contributed by atoms with van der Waals surface area (Å²) < 4.78 is 2.05. The van der Waals surface area contributed by atoms with E-state index in [1.165, 1.54) is 5.56 Å². The third kappa shape index (κ3) is 4.15. The lowest BCUT2D eigenvalue weighted by atomic mass is 10.0. The van der Waals surface area contributed by atoms with Gasteiger partial charge in [0.25, 0.3) is 0 Å². The van der Waals surface area contributed by atoms with Gasteiger partial charge in [0.2, 0.25) is 0 Å². The van der Waals surface area contributed by atoms with Crippen LogP contribution in [0.4, 0.5) is 0 Å². The zero-order valence-electron chi connectivity index (χ0n) is 11.3. The minimum atomic E-state index is 0.303.